The molecule has 0 spiro atoms. The van der Waals surface area contributed by atoms with Gasteiger partial charge in [0, 0.05) is 22.5 Å². The molecule has 0 amide bonds. The van der Waals surface area contributed by atoms with Gasteiger partial charge in [0.25, 0.3) is 20.0 Å². The molecule has 0 bridgehead atoms. The lowest BCUT2D eigenvalue weighted by atomic mass is 9.99. The van der Waals surface area contributed by atoms with Crippen LogP contribution in [-0.2, 0) is 20.0 Å². The van der Waals surface area contributed by atoms with Crippen molar-refractivity contribution in [2.24, 2.45) is 8.80 Å². The highest BCUT2D eigenvalue weighted by atomic mass is 32.2. The zero-order chi connectivity index (χ0) is 35.1. The van der Waals surface area contributed by atoms with Gasteiger partial charge in [-0.3, -0.25) is 0 Å². The highest BCUT2D eigenvalue weighted by Crippen LogP contribution is 2.29. The average Bonchev–Trinajstić information content (AvgIpc) is 3.14. The summed E-state index contributed by atoms with van der Waals surface area (Å²) in [5.74, 6) is 0.420. The third-order valence-electron chi connectivity index (χ3n) is 7.89. The molecule has 0 saturated heterocycles. The van der Waals surface area contributed by atoms with Gasteiger partial charge in [-0.2, -0.15) is 16.8 Å². The number of nitrogens with one attached hydrogen (secondary N) is 2. The number of aryl methyl sites for hydroxylation is 2. The molecule has 0 fully saturated rings. The number of hydrogen-bond donors (Lipinski definition) is 2. The third kappa shape index (κ3) is 8.06. The van der Waals surface area contributed by atoms with Gasteiger partial charge >= 0.3 is 0 Å². The highest BCUT2D eigenvalue weighted by Gasteiger charge is 2.18. The number of benzene rings is 6. The summed E-state index contributed by atoms with van der Waals surface area (Å²) >= 11 is 0. The first-order valence-corrected chi connectivity index (χ1v) is 18.6. The van der Waals surface area contributed by atoms with Gasteiger partial charge in [0.1, 0.15) is 0 Å². The van der Waals surface area contributed by atoms with E-state index in [4.69, 9.17) is 0 Å². The molecular formula is C40H34N4O4S2. The normalized spacial score (nSPS) is 12.4. The largest absolute Gasteiger partial charge is 0.339 e. The topological polar surface area (TPSA) is 117 Å². The molecule has 250 valence electrons. The molecule has 0 aliphatic heterocycles. The molecule has 50 heavy (non-hydrogen) atoms. The number of rotatable bonds is 9. The molecule has 0 aliphatic rings. The molecule has 0 heterocycles. The quantitative estimate of drug-likeness (QED) is 0.116. The van der Waals surface area contributed by atoms with Crippen molar-refractivity contribution in [2.45, 2.75) is 23.6 Å². The first-order valence-electron chi connectivity index (χ1n) is 15.8. The smallest absolute Gasteiger partial charge is 0.284 e. The zero-order valence-corrected chi connectivity index (χ0v) is 29.0. The van der Waals surface area contributed by atoms with Crippen LogP contribution in [0.3, 0.4) is 0 Å². The van der Waals surface area contributed by atoms with Gasteiger partial charge in [0.05, 0.1) is 9.79 Å². The Morgan fingerprint density at radius 1 is 0.440 bits per heavy atom. The van der Waals surface area contributed by atoms with Crippen molar-refractivity contribution in [3.05, 3.63) is 180 Å². The molecule has 0 aromatic heterocycles. The van der Waals surface area contributed by atoms with Crippen LogP contribution in [0.15, 0.2) is 176 Å². The molecular weight excluding hydrogens is 665 g/mol. The van der Waals surface area contributed by atoms with Crippen LogP contribution in [0.1, 0.15) is 22.3 Å². The average molecular weight is 699 g/mol. The van der Waals surface area contributed by atoms with Crippen LogP contribution < -0.4 is 10.6 Å². The van der Waals surface area contributed by atoms with Crippen molar-refractivity contribution in [1.29, 1.82) is 0 Å². The molecule has 0 saturated carbocycles. The van der Waals surface area contributed by atoms with E-state index in [1.165, 1.54) is 24.3 Å². The monoisotopic (exact) mass is 698 g/mol. The lowest BCUT2D eigenvalue weighted by Crippen LogP contribution is -2.17. The molecule has 8 nitrogen and oxygen atoms in total. The molecule has 6 rings (SSSR count). The zero-order valence-electron chi connectivity index (χ0n) is 27.4. The van der Waals surface area contributed by atoms with Crippen molar-refractivity contribution in [3.8, 4) is 11.1 Å². The minimum atomic E-state index is -3.97. The standard InChI is InChI=1S/C40H34N4O4S2/c1-29-27-33(23-25-37(29)41-39(31-15-7-3-8-16-31)43-49(45,46)35-19-11-5-12-20-35)34-24-26-38(30(2)28-34)42-40(32-17-9-4-10-18-32)44-50(47,48)36-21-13-6-14-22-36/h3-28H,1-2H3,(H,41,43)(H,42,44). The van der Waals surface area contributed by atoms with Gasteiger partial charge in [-0.15, -0.1) is 8.80 Å². The van der Waals surface area contributed by atoms with Crippen molar-refractivity contribution in [1.82, 2.24) is 0 Å². The fraction of sp³-hybridized carbons (Fsp3) is 0.0500. The van der Waals surface area contributed by atoms with Gasteiger partial charge in [0.2, 0.25) is 0 Å². The van der Waals surface area contributed by atoms with Gasteiger partial charge in [-0.1, -0.05) is 109 Å². The van der Waals surface area contributed by atoms with E-state index in [2.05, 4.69) is 19.4 Å². The predicted octanol–water partition coefficient (Wildman–Crippen LogP) is 8.47. The highest BCUT2D eigenvalue weighted by molar-refractivity contribution is 7.90. The molecule has 6 aromatic rings. The van der Waals surface area contributed by atoms with Crippen LogP contribution in [0.5, 0.6) is 0 Å². The third-order valence-corrected chi connectivity index (χ3v) is 10.5. The Balaban J connectivity index is 1.28. The summed E-state index contributed by atoms with van der Waals surface area (Å²) in [6, 6.07) is 46.2. The van der Waals surface area contributed by atoms with Gasteiger partial charge in [0.15, 0.2) is 11.7 Å². The Kier molecular flexibility index (Phi) is 10.0. The number of nitrogens with zero attached hydrogens (tertiary/aromatic N) is 2. The number of sulfonamides is 2. The molecule has 0 unspecified atom stereocenters. The second-order valence-electron chi connectivity index (χ2n) is 11.5. The van der Waals surface area contributed by atoms with E-state index >= 15 is 0 Å². The molecule has 6 aromatic carbocycles. The maximum atomic E-state index is 13.2. The van der Waals surface area contributed by atoms with Crippen LogP contribution in [-0.4, -0.2) is 28.5 Å². The maximum absolute atomic E-state index is 13.2. The fourth-order valence-corrected chi connectivity index (χ4v) is 7.24. The SMILES string of the molecule is Cc1cc(-c2ccc(N/C(=N\S(=O)(=O)c3ccccc3)c3ccccc3)c(C)c2)ccc1N/C(=N\S(=O)(=O)c1ccccc1)c1ccccc1. The van der Waals surface area contributed by atoms with Crippen molar-refractivity contribution in [2.75, 3.05) is 10.6 Å². The van der Waals surface area contributed by atoms with Crippen LogP contribution in [0.2, 0.25) is 0 Å². The molecule has 2 N–H and O–H groups in total. The van der Waals surface area contributed by atoms with E-state index in [1.807, 2.05) is 86.6 Å². The van der Waals surface area contributed by atoms with Crippen molar-refractivity contribution >= 4 is 43.1 Å². The van der Waals surface area contributed by atoms with E-state index < -0.39 is 20.0 Å². The lowest BCUT2D eigenvalue weighted by molar-refractivity contribution is 0.596. The Morgan fingerprint density at radius 2 is 0.760 bits per heavy atom. The van der Waals surface area contributed by atoms with Crippen LogP contribution >= 0.6 is 0 Å². The predicted molar refractivity (Wildman–Crippen MR) is 202 cm³/mol. The Labute approximate surface area is 293 Å². The number of hydrogen-bond acceptors (Lipinski definition) is 4. The first kappa shape index (κ1) is 34.0. The lowest BCUT2D eigenvalue weighted by Gasteiger charge is -2.16. The minimum absolute atomic E-state index is 0.107. The molecule has 0 aliphatic carbocycles. The van der Waals surface area contributed by atoms with Crippen LogP contribution in [0, 0.1) is 13.8 Å². The van der Waals surface area contributed by atoms with E-state index in [1.54, 1.807) is 60.7 Å². The van der Waals surface area contributed by atoms with Crippen LogP contribution in [0.25, 0.3) is 11.1 Å². The maximum Gasteiger partial charge on any atom is 0.284 e. The van der Waals surface area contributed by atoms with Gasteiger partial charge in [-0.25, -0.2) is 0 Å². The summed E-state index contributed by atoms with van der Waals surface area (Å²) in [5, 5.41) is 6.51. The summed E-state index contributed by atoms with van der Waals surface area (Å²) < 4.78 is 61.2. The van der Waals surface area contributed by atoms with Crippen LogP contribution in [0.4, 0.5) is 11.4 Å². The van der Waals surface area contributed by atoms with E-state index in [0.29, 0.717) is 22.5 Å². The summed E-state index contributed by atoms with van der Waals surface area (Å²) in [7, 11) is -7.95. The van der Waals surface area contributed by atoms with Crippen molar-refractivity contribution < 1.29 is 16.8 Å². The minimum Gasteiger partial charge on any atom is -0.339 e. The second kappa shape index (κ2) is 14.7. The number of anilines is 2. The summed E-state index contributed by atoms with van der Waals surface area (Å²) in [6.45, 7) is 3.89. The van der Waals surface area contributed by atoms with Crippen molar-refractivity contribution in [3.63, 3.8) is 0 Å². The summed E-state index contributed by atoms with van der Waals surface area (Å²) in [5.41, 5.74) is 6.33. The summed E-state index contributed by atoms with van der Waals surface area (Å²) in [6.07, 6.45) is 0. The summed E-state index contributed by atoms with van der Waals surface area (Å²) in [4.78, 5) is 0.214. The second-order valence-corrected chi connectivity index (χ2v) is 14.7. The Hall–Kier alpha value is -5.84. The molecule has 0 radical (unpaired) electrons. The van der Waals surface area contributed by atoms with Gasteiger partial charge < -0.3 is 10.6 Å². The number of amidine groups is 2. The van der Waals surface area contributed by atoms with E-state index in [9.17, 15) is 16.8 Å². The molecule has 10 heteroatoms. The Bertz CT molecular complexity index is 2230. The van der Waals surface area contributed by atoms with E-state index in [-0.39, 0.29) is 21.5 Å². The fourth-order valence-electron chi connectivity index (χ4n) is 5.24. The van der Waals surface area contributed by atoms with E-state index in [0.717, 1.165) is 22.3 Å². The molecule has 0 atom stereocenters. The Morgan fingerprint density at radius 3 is 1.08 bits per heavy atom. The van der Waals surface area contributed by atoms with Gasteiger partial charge in [-0.05, 0) is 84.6 Å². The first-order chi connectivity index (χ1) is 24.1.